The van der Waals surface area contributed by atoms with Crippen LogP contribution in [-0.4, -0.2) is 79.0 Å². The maximum absolute atomic E-state index is 10.1. The fraction of sp³-hybridized carbons (Fsp3) is 0.500. The maximum Gasteiger partial charge on any atom is 2.00 e. The summed E-state index contributed by atoms with van der Waals surface area (Å²) >= 11 is 0. The second-order valence-corrected chi connectivity index (χ2v) is 2.42. The van der Waals surface area contributed by atoms with Crippen molar-refractivity contribution in [1.29, 1.82) is 0 Å². The molecule has 15 heavy (non-hydrogen) atoms. The quantitative estimate of drug-likeness (QED) is 0.436. The van der Waals surface area contributed by atoms with Gasteiger partial charge in [0.15, 0.2) is 0 Å². The number of aliphatic hydroxyl groups is 1. The smallest absolute Gasteiger partial charge is 0.550 e. The van der Waals surface area contributed by atoms with Crippen molar-refractivity contribution >= 4 is 68.3 Å². The fourth-order valence-corrected chi connectivity index (χ4v) is 0.684. The van der Waals surface area contributed by atoms with Crippen molar-refractivity contribution in [3.05, 3.63) is 0 Å². The first kappa shape index (κ1) is 20.5. The van der Waals surface area contributed by atoms with E-state index >= 15 is 0 Å². The molecule has 0 heterocycles. The Bertz CT molecular complexity index is 238. The molecule has 7 nitrogen and oxygen atoms in total. The van der Waals surface area contributed by atoms with Crippen molar-refractivity contribution in [2.24, 2.45) is 0 Å². The van der Waals surface area contributed by atoms with E-state index in [1.165, 1.54) is 0 Å². The molecule has 9 heteroatoms. The number of carbonyl (C=O) groups excluding carboxylic acids is 3. The van der Waals surface area contributed by atoms with Gasteiger partial charge in [0.25, 0.3) is 0 Å². The van der Waals surface area contributed by atoms with Gasteiger partial charge in [0.2, 0.25) is 0 Å². The zero-order valence-electron chi connectivity index (χ0n) is 7.52. The molecule has 0 bridgehead atoms. The molecule has 0 aromatic heterocycles. The van der Waals surface area contributed by atoms with E-state index < -0.39 is 36.4 Å². The van der Waals surface area contributed by atoms with E-state index in [-0.39, 0.29) is 50.4 Å². The van der Waals surface area contributed by atoms with Crippen LogP contribution in [0.4, 0.5) is 0 Å². The summed E-state index contributed by atoms with van der Waals surface area (Å²) in [6.07, 6.45) is -2.72. The van der Waals surface area contributed by atoms with Crippen LogP contribution in [0.25, 0.3) is 0 Å². The van der Waals surface area contributed by atoms with Gasteiger partial charge in [-0.25, -0.2) is 0 Å². The molecule has 0 aromatic rings. The average Bonchev–Trinajstić information content (AvgIpc) is 1.82. The number of hydrogen-bond donors (Lipinski definition) is 1. The van der Waals surface area contributed by atoms with E-state index in [0.29, 0.717) is 0 Å². The molecule has 0 aliphatic carbocycles. The number of rotatable bonds is 5. The molecule has 0 spiro atoms. The van der Waals surface area contributed by atoms with Gasteiger partial charge in [0.1, 0.15) is 5.60 Å². The first-order valence-corrected chi connectivity index (χ1v) is 3.11. The minimum absolute atomic E-state index is 0. The molecule has 0 fully saturated rings. The van der Waals surface area contributed by atoms with E-state index in [1.54, 1.807) is 0 Å². The second-order valence-electron chi connectivity index (χ2n) is 2.42. The summed E-state index contributed by atoms with van der Waals surface area (Å²) in [5.74, 6) is -5.98. The topological polar surface area (TPSA) is 141 Å². The number of carboxylic acid groups (broad SMARTS) is 3. The van der Waals surface area contributed by atoms with Gasteiger partial charge in [-0.2, -0.15) is 0 Å². The normalized spacial score (nSPS) is 9.40. The Balaban J connectivity index is -0.000000720. The Hall–Kier alpha value is 0.0583. The largest absolute Gasteiger partial charge is 2.00 e. The molecule has 76 valence electrons. The molecule has 0 saturated heterocycles. The third-order valence-corrected chi connectivity index (χ3v) is 1.25. The summed E-state index contributed by atoms with van der Waals surface area (Å²) in [4.78, 5) is 30.0. The average molecular weight is 421 g/mol. The summed E-state index contributed by atoms with van der Waals surface area (Å²) in [6, 6.07) is 0. The van der Waals surface area contributed by atoms with Crippen LogP contribution in [0.2, 0.25) is 0 Å². The van der Waals surface area contributed by atoms with Crippen LogP contribution in [0.3, 0.4) is 0 Å². The molecule has 0 aliphatic heterocycles. The van der Waals surface area contributed by atoms with Crippen LogP contribution in [-0.2, 0) is 14.4 Å². The summed E-state index contributed by atoms with van der Waals surface area (Å²) in [5.41, 5.74) is -2.97. The van der Waals surface area contributed by atoms with Crippen molar-refractivity contribution in [2.75, 3.05) is 0 Å². The van der Waals surface area contributed by atoms with Gasteiger partial charge in [-0.15, -0.1) is 0 Å². The van der Waals surface area contributed by atoms with Crippen LogP contribution in [0.15, 0.2) is 0 Å². The molecule has 0 saturated carbocycles. The van der Waals surface area contributed by atoms with E-state index in [4.69, 9.17) is 5.11 Å². The van der Waals surface area contributed by atoms with Crippen LogP contribution in [0.5, 0.6) is 0 Å². The number of carboxylic acids is 3. The summed E-state index contributed by atoms with van der Waals surface area (Å²) in [7, 11) is 0. The van der Waals surface area contributed by atoms with Crippen molar-refractivity contribution in [2.45, 2.75) is 18.4 Å². The number of carbonyl (C=O) groups is 3. The van der Waals surface area contributed by atoms with Crippen LogP contribution in [0.1, 0.15) is 12.8 Å². The minimum atomic E-state index is -2.97. The zero-order valence-corrected chi connectivity index (χ0v) is 12.8. The Morgan fingerprint density at radius 3 is 1.40 bits per heavy atom. The zero-order chi connectivity index (χ0) is 10.6. The SMILES string of the molecule is O=C([O-])CC(O)(CC(=O)[O-])C(=O)[O-].[Mg+2].[Pb+2]. The van der Waals surface area contributed by atoms with Crippen LogP contribution < -0.4 is 15.3 Å². The predicted molar refractivity (Wildman–Crippen MR) is 40.7 cm³/mol. The Morgan fingerprint density at radius 1 is 1.00 bits per heavy atom. The fourth-order valence-electron chi connectivity index (χ4n) is 0.684. The van der Waals surface area contributed by atoms with Crippen molar-refractivity contribution < 1.29 is 34.8 Å². The summed E-state index contributed by atoms with van der Waals surface area (Å²) in [5, 5.41) is 38.9. The predicted octanol–water partition coefficient (Wildman–Crippen LogP) is -6.01. The molecular weight excluding hydrogens is 416 g/mol. The molecule has 0 rings (SSSR count). The molecular formula is C6H5MgO7Pb+. The van der Waals surface area contributed by atoms with Gasteiger partial charge >= 0.3 is 50.4 Å². The third kappa shape index (κ3) is 7.93. The van der Waals surface area contributed by atoms with E-state index in [2.05, 4.69) is 0 Å². The van der Waals surface area contributed by atoms with E-state index in [1.807, 2.05) is 0 Å². The summed E-state index contributed by atoms with van der Waals surface area (Å²) in [6.45, 7) is 0. The molecule has 0 atom stereocenters. The minimum Gasteiger partial charge on any atom is -0.550 e. The van der Waals surface area contributed by atoms with Crippen LogP contribution in [0, 0.1) is 0 Å². The van der Waals surface area contributed by atoms with Gasteiger partial charge in [-0.05, 0) is 0 Å². The molecule has 1 N–H and O–H groups in total. The molecule has 0 amide bonds. The second kappa shape index (κ2) is 8.24. The third-order valence-electron chi connectivity index (χ3n) is 1.25. The molecule has 2 radical (unpaired) electrons. The monoisotopic (exact) mass is 421 g/mol. The molecule has 0 unspecified atom stereocenters. The number of hydrogen-bond acceptors (Lipinski definition) is 7. The molecule has 0 aliphatic rings. The Labute approximate surface area is 121 Å². The van der Waals surface area contributed by atoms with E-state index in [0.717, 1.165) is 0 Å². The standard InChI is InChI=1S/C6H8O7.Mg.Pb/c7-3(8)1-6(13,5(11)12)2-4(9)10;;/h13H,1-2H2,(H,7,8)(H,9,10)(H,11,12);;/q;2*+2/p-3. The number of aliphatic carboxylic acids is 3. The summed E-state index contributed by atoms with van der Waals surface area (Å²) < 4.78 is 0. The maximum atomic E-state index is 10.1. The van der Waals surface area contributed by atoms with Crippen molar-refractivity contribution in [1.82, 2.24) is 0 Å². The van der Waals surface area contributed by atoms with Gasteiger partial charge in [-0.3, -0.25) is 0 Å². The van der Waals surface area contributed by atoms with Gasteiger partial charge in [0.05, 0.1) is 5.97 Å². The Kier molecular flexibility index (Phi) is 11.2. The van der Waals surface area contributed by atoms with Crippen LogP contribution >= 0.6 is 0 Å². The Morgan fingerprint density at radius 2 is 1.27 bits per heavy atom. The van der Waals surface area contributed by atoms with Gasteiger partial charge < -0.3 is 34.8 Å². The van der Waals surface area contributed by atoms with Crippen molar-refractivity contribution in [3.8, 4) is 0 Å². The van der Waals surface area contributed by atoms with Crippen molar-refractivity contribution in [3.63, 3.8) is 0 Å². The van der Waals surface area contributed by atoms with E-state index in [9.17, 15) is 29.7 Å². The first-order chi connectivity index (χ1) is 5.78. The molecule has 0 aromatic carbocycles. The van der Waals surface area contributed by atoms with Gasteiger partial charge in [-0.1, -0.05) is 0 Å². The van der Waals surface area contributed by atoms with Gasteiger partial charge in [0, 0.05) is 24.8 Å². The first-order valence-electron chi connectivity index (χ1n) is 3.11.